The number of hydrogen-bond donors (Lipinski definition) is 1. The van der Waals surface area contributed by atoms with Crippen LogP contribution in [0.15, 0.2) is 48.8 Å². The number of para-hydroxylation sites is 2. The summed E-state index contributed by atoms with van der Waals surface area (Å²) in [5, 5.41) is 0. The summed E-state index contributed by atoms with van der Waals surface area (Å²) < 4.78 is 0. The van der Waals surface area contributed by atoms with Crippen LogP contribution in [-0.4, -0.2) is 51.9 Å². The van der Waals surface area contributed by atoms with E-state index in [9.17, 15) is 4.79 Å². The summed E-state index contributed by atoms with van der Waals surface area (Å²) in [4.78, 5) is 29.1. The van der Waals surface area contributed by atoms with Crippen molar-refractivity contribution < 1.29 is 4.79 Å². The molecule has 28 heavy (non-hydrogen) atoms. The molecule has 144 valence electrons. The first-order chi connectivity index (χ1) is 13.7. The molecular formula is C22H25N5O. The second kappa shape index (κ2) is 6.93. The highest BCUT2D eigenvalue weighted by Crippen LogP contribution is 2.42. The number of nitrogens with one attached hydrogen (secondary N) is 1. The molecule has 0 aliphatic carbocycles. The van der Waals surface area contributed by atoms with Crippen LogP contribution < -0.4 is 4.90 Å². The van der Waals surface area contributed by atoms with Gasteiger partial charge in [0.05, 0.1) is 11.0 Å². The molecule has 2 aromatic heterocycles. The number of nitrogens with zero attached hydrogens (tertiary/aromatic N) is 4. The average Bonchev–Trinajstić information content (AvgIpc) is 3.19. The normalized spacial score (nSPS) is 19.3. The van der Waals surface area contributed by atoms with Crippen LogP contribution in [0.1, 0.15) is 36.3 Å². The summed E-state index contributed by atoms with van der Waals surface area (Å²) in [7, 11) is 0. The summed E-state index contributed by atoms with van der Waals surface area (Å²) in [6.07, 6.45) is 8.29. The Morgan fingerprint density at radius 3 is 2.32 bits per heavy atom. The quantitative estimate of drug-likeness (QED) is 0.745. The van der Waals surface area contributed by atoms with Crippen LogP contribution in [0.2, 0.25) is 0 Å². The standard InChI is InChI=1S/C22H25N5O/c28-21(20-24-18-3-1-2-4-19(18)25-20)27-15-9-22(10-16-27)7-13-26(14-8-22)17-5-11-23-12-6-17/h1-6,11-12H,7-10,13-16H2,(H,24,25). The third-order valence-corrected chi connectivity index (χ3v) is 6.56. The maximum Gasteiger partial charge on any atom is 0.289 e. The van der Waals surface area contributed by atoms with E-state index in [-0.39, 0.29) is 5.91 Å². The van der Waals surface area contributed by atoms with Crippen molar-refractivity contribution in [3.63, 3.8) is 0 Å². The molecule has 0 unspecified atom stereocenters. The summed E-state index contributed by atoms with van der Waals surface area (Å²) in [6, 6.07) is 12.0. The van der Waals surface area contributed by atoms with Crippen molar-refractivity contribution in [2.24, 2.45) is 5.41 Å². The second-order valence-electron chi connectivity index (χ2n) is 8.09. The number of imidazole rings is 1. The molecular weight excluding hydrogens is 350 g/mol. The number of likely N-dealkylation sites (tertiary alicyclic amines) is 1. The van der Waals surface area contributed by atoms with Crippen LogP contribution in [0.4, 0.5) is 5.69 Å². The van der Waals surface area contributed by atoms with Crippen LogP contribution >= 0.6 is 0 Å². The molecule has 1 aromatic carbocycles. The molecule has 0 atom stereocenters. The van der Waals surface area contributed by atoms with Gasteiger partial charge in [-0.3, -0.25) is 9.78 Å². The van der Waals surface area contributed by atoms with E-state index >= 15 is 0 Å². The minimum absolute atomic E-state index is 0.0280. The highest BCUT2D eigenvalue weighted by Gasteiger charge is 2.39. The first kappa shape index (κ1) is 17.2. The van der Waals surface area contributed by atoms with Crippen LogP contribution in [0.5, 0.6) is 0 Å². The van der Waals surface area contributed by atoms with Crippen molar-refractivity contribution >= 4 is 22.6 Å². The van der Waals surface area contributed by atoms with E-state index in [0.29, 0.717) is 11.2 Å². The zero-order chi connectivity index (χ0) is 19.0. The van der Waals surface area contributed by atoms with Gasteiger partial charge in [-0.25, -0.2) is 4.98 Å². The van der Waals surface area contributed by atoms with Gasteiger partial charge in [0.1, 0.15) is 0 Å². The predicted molar refractivity (Wildman–Crippen MR) is 109 cm³/mol. The molecule has 0 saturated carbocycles. The Labute approximate surface area is 164 Å². The van der Waals surface area contributed by atoms with E-state index in [0.717, 1.165) is 50.1 Å². The number of fused-ring (bicyclic) bond motifs is 1. The molecule has 6 nitrogen and oxygen atoms in total. The molecule has 4 heterocycles. The minimum atomic E-state index is 0.0280. The highest BCUT2D eigenvalue weighted by atomic mass is 16.2. The molecule has 2 aliphatic heterocycles. The number of pyridine rings is 1. The number of anilines is 1. The Kier molecular flexibility index (Phi) is 4.26. The molecule has 0 radical (unpaired) electrons. The molecule has 2 fully saturated rings. The largest absolute Gasteiger partial charge is 0.371 e. The lowest BCUT2D eigenvalue weighted by Gasteiger charge is -2.47. The zero-order valence-corrected chi connectivity index (χ0v) is 16.0. The van der Waals surface area contributed by atoms with E-state index in [1.165, 1.54) is 18.5 Å². The number of carbonyl (C=O) groups excluding carboxylic acids is 1. The SMILES string of the molecule is O=C(c1nc2ccccc2[nH]1)N1CCC2(CC1)CCN(c1ccncc1)CC2. The maximum absolute atomic E-state index is 12.9. The van der Waals surface area contributed by atoms with Gasteiger partial charge >= 0.3 is 0 Å². The van der Waals surface area contributed by atoms with Gasteiger partial charge in [0, 0.05) is 44.3 Å². The number of carbonyl (C=O) groups is 1. The lowest BCUT2D eigenvalue weighted by Crippen LogP contribution is -2.48. The number of H-pyrrole nitrogens is 1. The fourth-order valence-corrected chi connectivity index (χ4v) is 4.68. The fourth-order valence-electron chi connectivity index (χ4n) is 4.68. The Morgan fingerprint density at radius 1 is 0.929 bits per heavy atom. The van der Waals surface area contributed by atoms with Gasteiger partial charge in [0.2, 0.25) is 0 Å². The molecule has 0 bridgehead atoms. The highest BCUT2D eigenvalue weighted by molar-refractivity contribution is 5.94. The summed E-state index contributed by atoms with van der Waals surface area (Å²) in [5.74, 6) is 0.491. The van der Waals surface area contributed by atoms with Crippen LogP contribution in [0.3, 0.4) is 0 Å². The van der Waals surface area contributed by atoms with Gasteiger partial charge in [-0.05, 0) is 55.4 Å². The second-order valence-corrected chi connectivity index (χ2v) is 8.09. The number of rotatable bonds is 2. The molecule has 5 rings (SSSR count). The molecule has 1 spiro atoms. The number of amides is 1. The van der Waals surface area contributed by atoms with Crippen LogP contribution in [-0.2, 0) is 0 Å². The molecule has 1 amide bonds. The molecule has 2 aliphatic rings. The van der Waals surface area contributed by atoms with Crippen molar-refractivity contribution in [2.75, 3.05) is 31.1 Å². The monoisotopic (exact) mass is 375 g/mol. The first-order valence-electron chi connectivity index (χ1n) is 10.1. The van der Waals surface area contributed by atoms with Gasteiger partial charge in [-0.15, -0.1) is 0 Å². The van der Waals surface area contributed by atoms with Crippen LogP contribution in [0.25, 0.3) is 11.0 Å². The van der Waals surface area contributed by atoms with Crippen molar-refractivity contribution in [3.8, 4) is 0 Å². The van der Waals surface area contributed by atoms with E-state index in [1.54, 1.807) is 0 Å². The van der Waals surface area contributed by atoms with Crippen molar-refractivity contribution in [1.82, 2.24) is 19.9 Å². The van der Waals surface area contributed by atoms with Gasteiger partial charge in [0.15, 0.2) is 5.82 Å². The predicted octanol–water partition coefficient (Wildman–Crippen LogP) is 3.48. The van der Waals surface area contributed by atoms with Crippen molar-refractivity contribution in [3.05, 3.63) is 54.6 Å². The van der Waals surface area contributed by atoms with Crippen molar-refractivity contribution in [2.45, 2.75) is 25.7 Å². The van der Waals surface area contributed by atoms with Gasteiger partial charge in [-0.2, -0.15) is 0 Å². The van der Waals surface area contributed by atoms with E-state index in [1.807, 2.05) is 41.6 Å². The molecule has 1 N–H and O–H groups in total. The minimum Gasteiger partial charge on any atom is -0.371 e. The average molecular weight is 375 g/mol. The van der Waals surface area contributed by atoms with E-state index in [4.69, 9.17) is 0 Å². The van der Waals surface area contributed by atoms with E-state index < -0.39 is 0 Å². The Morgan fingerprint density at radius 2 is 1.61 bits per heavy atom. The molecule has 2 saturated heterocycles. The summed E-state index contributed by atoms with van der Waals surface area (Å²) >= 11 is 0. The first-order valence-corrected chi connectivity index (χ1v) is 10.1. The number of benzene rings is 1. The number of piperidine rings is 2. The molecule has 3 aromatic rings. The van der Waals surface area contributed by atoms with E-state index in [2.05, 4.69) is 32.0 Å². The maximum atomic E-state index is 12.9. The lowest BCUT2D eigenvalue weighted by atomic mass is 9.71. The Hall–Kier alpha value is -2.89. The van der Waals surface area contributed by atoms with Crippen LogP contribution in [0, 0.1) is 5.41 Å². The number of aromatic amines is 1. The number of hydrogen-bond acceptors (Lipinski definition) is 4. The third-order valence-electron chi connectivity index (χ3n) is 6.56. The lowest BCUT2D eigenvalue weighted by molar-refractivity contribution is 0.0505. The number of aromatic nitrogens is 3. The topological polar surface area (TPSA) is 65.1 Å². The van der Waals surface area contributed by atoms with Gasteiger partial charge in [-0.1, -0.05) is 12.1 Å². The zero-order valence-electron chi connectivity index (χ0n) is 16.0. The third kappa shape index (κ3) is 3.13. The Bertz CT molecular complexity index is 932. The smallest absolute Gasteiger partial charge is 0.289 e. The Balaban J connectivity index is 1.21. The summed E-state index contributed by atoms with van der Waals surface area (Å²) in [6.45, 7) is 3.82. The van der Waals surface area contributed by atoms with Gasteiger partial charge in [0.25, 0.3) is 5.91 Å². The van der Waals surface area contributed by atoms with Crippen molar-refractivity contribution in [1.29, 1.82) is 0 Å². The summed E-state index contributed by atoms with van der Waals surface area (Å²) in [5.41, 5.74) is 3.42. The molecule has 6 heteroatoms. The van der Waals surface area contributed by atoms with Gasteiger partial charge < -0.3 is 14.8 Å². The fraction of sp³-hybridized carbons (Fsp3) is 0.409.